The number of aliphatic hydroxyl groups excluding tert-OH is 1. The molecule has 3 aromatic carbocycles. The van der Waals surface area contributed by atoms with E-state index in [-0.39, 0.29) is 17.4 Å². The zero-order valence-electron chi connectivity index (χ0n) is 21.7. The fourth-order valence-electron chi connectivity index (χ4n) is 5.05. The van der Waals surface area contributed by atoms with Gasteiger partial charge in [-0.1, -0.05) is 60.7 Å². The minimum Gasteiger partial charge on any atom is -0.378 e. The van der Waals surface area contributed by atoms with Crippen molar-refractivity contribution in [2.75, 3.05) is 6.54 Å². The molecule has 0 spiro atoms. The number of aliphatic hydroxyl groups is 1. The Labute approximate surface area is 225 Å². The molecule has 0 radical (unpaired) electrons. The molecule has 204 valence electrons. The zero-order valence-corrected chi connectivity index (χ0v) is 21.7. The normalized spacial score (nSPS) is 22.6. The van der Waals surface area contributed by atoms with Gasteiger partial charge in [-0.2, -0.15) is 0 Å². The third kappa shape index (κ3) is 6.31. The second-order valence-electron chi connectivity index (χ2n) is 10.0. The Morgan fingerprint density at radius 2 is 1.51 bits per heavy atom. The van der Waals surface area contributed by atoms with Gasteiger partial charge in [0.15, 0.2) is 6.10 Å². The molecule has 9 heteroatoms. The lowest BCUT2D eigenvalue weighted by Gasteiger charge is -2.37. The van der Waals surface area contributed by atoms with E-state index >= 15 is 0 Å². The largest absolute Gasteiger partial charge is 0.378 e. The maximum Gasteiger partial charge on any atom is 0.254 e. The molecule has 4 rings (SSSR count). The smallest absolute Gasteiger partial charge is 0.254 e. The number of hydrogen-bond acceptors (Lipinski definition) is 4. The highest BCUT2D eigenvalue weighted by atomic mass is 19.1. The van der Waals surface area contributed by atoms with Crippen LogP contribution in [0.4, 0.5) is 8.78 Å². The standard InChI is InChI=1S/C30H31F2N3O4/c1-18(34-28(38)26(36)21-13-23(31)16-24(32)14-21)27(37)35-30(2)25(20-11-7-4-8-12-20)15-22(17-33-29(30)39)19-9-5-3-6-10-19/h3-14,16,18,22,25-26,36H,15,17H2,1-2H3,(H,33,39)(H,34,38)(H,35,37)/t18-,22+,25-,26+,30-/m0/s1. The van der Waals surface area contributed by atoms with Gasteiger partial charge in [-0.3, -0.25) is 14.4 Å². The van der Waals surface area contributed by atoms with E-state index < -0.39 is 47.1 Å². The van der Waals surface area contributed by atoms with Crippen molar-refractivity contribution in [1.29, 1.82) is 0 Å². The van der Waals surface area contributed by atoms with E-state index in [1.807, 2.05) is 60.7 Å². The molecule has 1 aliphatic rings. The second-order valence-corrected chi connectivity index (χ2v) is 10.0. The summed E-state index contributed by atoms with van der Waals surface area (Å²) in [7, 11) is 0. The van der Waals surface area contributed by atoms with Crippen LogP contribution < -0.4 is 16.0 Å². The predicted molar refractivity (Wildman–Crippen MR) is 141 cm³/mol. The minimum atomic E-state index is -1.90. The van der Waals surface area contributed by atoms with E-state index in [4.69, 9.17) is 0 Å². The molecule has 3 amide bonds. The first-order valence-electron chi connectivity index (χ1n) is 12.7. The van der Waals surface area contributed by atoms with Crippen LogP contribution in [0, 0.1) is 11.6 Å². The van der Waals surface area contributed by atoms with Crippen molar-refractivity contribution in [3.05, 3.63) is 107 Å². The van der Waals surface area contributed by atoms with E-state index in [2.05, 4.69) is 16.0 Å². The maximum absolute atomic E-state index is 13.5. The fraction of sp³-hybridized carbons (Fsp3) is 0.300. The molecule has 3 aromatic rings. The number of nitrogens with one attached hydrogen (secondary N) is 3. The van der Waals surface area contributed by atoms with Gasteiger partial charge >= 0.3 is 0 Å². The highest BCUT2D eigenvalue weighted by Gasteiger charge is 2.47. The van der Waals surface area contributed by atoms with Gasteiger partial charge in [0.2, 0.25) is 11.8 Å². The first-order chi connectivity index (χ1) is 18.6. The van der Waals surface area contributed by atoms with Gasteiger partial charge in [-0.25, -0.2) is 8.78 Å². The quantitative estimate of drug-likeness (QED) is 0.372. The molecular weight excluding hydrogens is 504 g/mol. The third-order valence-electron chi connectivity index (χ3n) is 7.25. The van der Waals surface area contributed by atoms with Crippen LogP contribution in [0.2, 0.25) is 0 Å². The Hall–Kier alpha value is -4.11. The second kappa shape index (κ2) is 11.7. The fourth-order valence-corrected chi connectivity index (χ4v) is 5.05. The van der Waals surface area contributed by atoms with Crippen molar-refractivity contribution in [3.63, 3.8) is 0 Å². The Bertz CT molecular complexity index is 1320. The van der Waals surface area contributed by atoms with Crippen molar-refractivity contribution in [3.8, 4) is 0 Å². The van der Waals surface area contributed by atoms with Crippen LogP contribution >= 0.6 is 0 Å². The lowest BCUT2D eigenvalue weighted by Crippen LogP contribution is -2.62. The summed E-state index contributed by atoms with van der Waals surface area (Å²) >= 11 is 0. The topological polar surface area (TPSA) is 108 Å². The van der Waals surface area contributed by atoms with Crippen LogP contribution in [0.3, 0.4) is 0 Å². The van der Waals surface area contributed by atoms with Crippen LogP contribution in [0.25, 0.3) is 0 Å². The van der Waals surface area contributed by atoms with Gasteiger partial charge < -0.3 is 21.1 Å². The Kier molecular flexibility index (Phi) is 8.40. The van der Waals surface area contributed by atoms with Gasteiger partial charge in [-0.05, 0) is 49.1 Å². The third-order valence-corrected chi connectivity index (χ3v) is 7.25. The molecule has 1 heterocycles. The molecule has 4 N–H and O–H groups in total. The number of rotatable bonds is 7. The van der Waals surface area contributed by atoms with E-state index in [0.29, 0.717) is 19.0 Å². The van der Waals surface area contributed by atoms with Crippen molar-refractivity contribution >= 4 is 17.7 Å². The first-order valence-corrected chi connectivity index (χ1v) is 12.7. The van der Waals surface area contributed by atoms with E-state index in [1.54, 1.807) is 6.92 Å². The average Bonchev–Trinajstić information content (AvgIpc) is 3.04. The summed E-state index contributed by atoms with van der Waals surface area (Å²) in [6.45, 7) is 3.44. The first kappa shape index (κ1) is 27.9. The summed E-state index contributed by atoms with van der Waals surface area (Å²) < 4.78 is 27.1. The molecular formula is C30H31F2N3O4. The summed E-state index contributed by atoms with van der Waals surface area (Å²) in [6.07, 6.45) is -1.33. The number of carbonyl (C=O) groups excluding carboxylic acids is 3. The Morgan fingerprint density at radius 3 is 2.10 bits per heavy atom. The summed E-state index contributed by atoms with van der Waals surface area (Å²) in [5.74, 6) is -4.33. The predicted octanol–water partition coefficient (Wildman–Crippen LogP) is 3.47. The molecule has 0 aromatic heterocycles. The monoisotopic (exact) mass is 535 g/mol. The van der Waals surface area contributed by atoms with Crippen LogP contribution in [0.1, 0.15) is 54.9 Å². The van der Waals surface area contributed by atoms with Crippen molar-refractivity contribution < 1.29 is 28.3 Å². The molecule has 1 aliphatic heterocycles. The maximum atomic E-state index is 13.5. The Morgan fingerprint density at radius 1 is 0.949 bits per heavy atom. The highest BCUT2D eigenvalue weighted by molar-refractivity contribution is 5.95. The van der Waals surface area contributed by atoms with Crippen molar-refractivity contribution in [2.24, 2.45) is 0 Å². The number of amides is 3. The van der Waals surface area contributed by atoms with E-state index in [0.717, 1.165) is 23.3 Å². The van der Waals surface area contributed by atoms with Crippen LogP contribution in [0.5, 0.6) is 0 Å². The number of benzene rings is 3. The van der Waals surface area contributed by atoms with Crippen LogP contribution in [0.15, 0.2) is 78.9 Å². The van der Waals surface area contributed by atoms with Crippen molar-refractivity contribution in [1.82, 2.24) is 16.0 Å². The molecule has 7 nitrogen and oxygen atoms in total. The molecule has 5 atom stereocenters. The molecule has 39 heavy (non-hydrogen) atoms. The van der Waals surface area contributed by atoms with Gasteiger partial charge in [0, 0.05) is 24.4 Å². The molecule has 0 bridgehead atoms. The molecule has 1 fully saturated rings. The minimum absolute atomic E-state index is 0.00183. The summed E-state index contributed by atoms with van der Waals surface area (Å²) in [5, 5.41) is 18.5. The summed E-state index contributed by atoms with van der Waals surface area (Å²) in [4.78, 5) is 39.4. The average molecular weight is 536 g/mol. The van der Waals surface area contributed by atoms with Gasteiger partial charge in [0.05, 0.1) is 0 Å². The molecule has 0 aliphatic carbocycles. The number of hydrogen-bond donors (Lipinski definition) is 4. The number of halogens is 2. The van der Waals surface area contributed by atoms with Crippen LogP contribution in [-0.4, -0.2) is 41.0 Å². The molecule has 1 saturated heterocycles. The van der Waals surface area contributed by atoms with Gasteiger partial charge in [-0.15, -0.1) is 0 Å². The van der Waals surface area contributed by atoms with Gasteiger partial charge in [0.1, 0.15) is 23.2 Å². The molecule has 0 saturated carbocycles. The van der Waals surface area contributed by atoms with E-state index in [1.165, 1.54) is 6.92 Å². The lowest BCUT2D eigenvalue weighted by molar-refractivity contribution is -0.137. The summed E-state index contributed by atoms with van der Waals surface area (Å²) in [6, 6.07) is 20.4. The van der Waals surface area contributed by atoms with Gasteiger partial charge in [0.25, 0.3) is 5.91 Å². The van der Waals surface area contributed by atoms with Crippen LogP contribution in [-0.2, 0) is 14.4 Å². The zero-order chi connectivity index (χ0) is 28.2. The lowest BCUT2D eigenvalue weighted by atomic mass is 9.74. The summed E-state index contributed by atoms with van der Waals surface area (Å²) in [5.41, 5.74) is 0.283. The van der Waals surface area contributed by atoms with Crippen molar-refractivity contribution in [2.45, 2.75) is 49.8 Å². The molecule has 0 unspecified atom stereocenters. The SMILES string of the molecule is C[C@H](NC(=O)[C@H](O)c1cc(F)cc(F)c1)C(=O)N[C@]1(C)C(=O)NC[C@H](c2ccccc2)C[C@H]1c1ccccc1. The van der Waals surface area contributed by atoms with E-state index in [9.17, 15) is 28.3 Å². The number of carbonyl (C=O) groups is 3. The Balaban J connectivity index is 1.55. The highest BCUT2D eigenvalue weighted by Crippen LogP contribution is 2.39.